The van der Waals surface area contributed by atoms with E-state index >= 15 is 0 Å². The Labute approximate surface area is 79.1 Å². The second-order valence-corrected chi connectivity index (χ2v) is 2.79. The van der Waals surface area contributed by atoms with Gasteiger partial charge in [0.05, 0.1) is 22.6 Å². The molecule has 3 N–H and O–H groups in total. The highest BCUT2D eigenvalue weighted by atomic mass is 19.4. The van der Waals surface area contributed by atoms with Crippen LogP contribution >= 0.6 is 0 Å². The lowest BCUT2D eigenvalue weighted by molar-refractivity contribution is -0.137. The number of nitrogens with two attached hydrogens (primary N) is 1. The Morgan fingerprint density at radius 1 is 1.43 bits per heavy atom. The average Bonchev–Trinajstić information content (AvgIpc) is 2.02. The lowest BCUT2D eigenvalue weighted by atomic mass is 10.1. The minimum atomic E-state index is -4.46. The fourth-order valence-corrected chi connectivity index (χ4v) is 1.17. The Morgan fingerprint density at radius 3 is 2.43 bits per heavy atom. The van der Waals surface area contributed by atoms with Crippen molar-refractivity contribution in [2.45, 2.75) is 13.1 Å². The summed E-state index contributed by atoms with van der Waals surface area (Å²) in [6.07, 6.45) is -3.72. The maximum absolute atomic E-state index is 12.3. The van der Waals surface area contributed by atoms with Crippen LogP contribution in [0.5, 0.6) is 0 Å². The molecule has 0 aliphatic rings. The van der Waals surface area contributed by atoms with Crippen LogP contribution in [0, 0.1) is 6.92 Å². The van der Waals surface area contributed by atoms with Gasteiger partial charge in [-0.2, -0.15) is 13.2 Å². The zero-order chi connectivity index (χ0) is 10.9. The van der Waals surface area contributed by atoms with Crippen LogP contribution in [0.2, 0.25) is 0 Å². The molecule has 1 heterocycles. The van der Waals surface area contributed by atoms with Gasteiger partial charge in [0.25, 0.3) is 0 Å². The first-order valence-corrected chi connectivity index (χ1v) is 3.88. The quantitative estimate of drug-likeness (QED) is 0.737. The number of hydrogen-bond donors (Lipinski definition) is 2. The number of nitrogens with zero attached hydrogens (tertiary/aromatic N) is 1. The number of halogens is 3. The second-order valence-electron chi connectivity index (χ2n) is 2.79. The Balaban J connectivity index is 3.36. The van der Waals surface area contributed by atoms with Crippen molar-refractivity contribution in [3.63, 3.8) is 0 Å². The molecule has 0 saturated heterocycles. The zero-order valence-corrected chi connectivity index (χ0v) is 7.74. The van der Waals surface area contributed by atoms with Crippen LogP contribution in [0.15, 0.2) is 6.20 Å². The smallest absolute Gasteiger partial charge is 0.396 e. The number of pyridine rings is 1. The molecule has 1 aromatic rings. The second kappa shape index (κ2) is 3.36. The molecule has 78 valence electrons. The van der Waals surface area contributed by atoms with Crippen LogP contribution in [0.25, 0.3) is 0 Å². The number of alkyl halides is 3. The number of nitrogen functional groups attached to an aromatic ring is 1. The van der Waals surface area contributed by atoms with Gasteiger partial charge in [-0.05, 0) is 6.92 Å². The molecule has 0 unspecified atom stereocenters. The van der Waals surface area contributed by atoms with Crippen molar-refractivity contribution in [3.05, 3.63) is 17.5 Å². The lowest BCUT2D eigenvalue weighted by Gasteiger charge is -2.14. The van der Waals surface area contributed by atoms with Gasteiger partial charge >= 0.3 is 6.18 Å². The standard InChI is InChI=1S/C8H10F3N3/c1-4-7(13-2)6(12)5(3-14-4)8(9,10)11/h3,13H,1-2H3,(H2,12,14). The summed E-state index contributed by atoms with van der Waals surface area (Å²) in [4.78, 5) is 3.61. The zero-order valence-electron chi connectivity index (χ0n) is 7.74. The minimum Gasteiger partial charge on any atom is -0.396 e. The Kier molecular flexibility index (Phi) is 2.55. The molecule has 0 aliphatic carbocycles. The van der Waals surface area contributed by atoms with E-state index in [2.05, 4.69) is 10.3 Å². The van der Waals surface area contributed by atoms with Crippen molar-refractivity contribution in [2.75, 3.05) is 18.1 Å². The van der Waals surface area contributed by atoms with Gasteiger partial charge in [-0.25, -0.2) is 0 Å². The van der Waals surface area contributed by atoms with E-state index in [-0.39, 0.29) is 11.4 Å². The van der Waals surface area contributed by atoms with Crippen molar-refractivity contribution >= 4 is 11.4 Å². The van der Waals surface area contributed by atoms with E-state index in [1.54, 1.807) is 6.92 Å². The highest BCUT2D eigenvalue weighted by Crippen LogP contribution is 2.37. The van der Waals surface area contributed by atoms with Crippen molar-refractivity contribution in [2.24, 2.45) is 0 Å². The van der Waals surface area contributed by atoms with Crippen molar-refractivity contribution in [1.82, 2.24) is 4.98 Å². The summed E-state index contributed by atoms with van der Waals surface area (Å²) in [6.45, 7) is 1.59. The van der Waals surface area contributed by atoms with Gasteiger partial charge in [0.1, 0.15) is 0 Å². The molecule has 0 saturated carbocycles. The normalized spacial score (nSPS) is 11.5. The molecule has 0 fully saturated rings. The third-order valence-corrected chi connectivity index (χ3v) is 1.86. The molecule has 0 bridgehead atoms. The Morgan fingerprint density at radius 2 is 2.00 bits per heavy atom. The summed E-state index contributed by atoms with van der Waals surface area (Å²) < 4.78 is 37.0. The Hall–Kier alpha value is -1.46. The number of nitrogens with one attached hydrogen (secondary N) is 1. The maximum atomic E-state index is 12.3. The summed E-state index contributed by atoms with van der Waals surface area (Å²) in [5, 5.41) is 2.59. The molecule has 6 heteroatoms. The van der Waals surface area contributed by atoms with E-state index in [9.17, 15) is 13.2 Å². The van der Waals surface area contributed by atoms with Crippen molar-refractivity contribution < 1.29 is 13.2 Å². The van der Waals surface area contributed by atoms with E-state index in [4.69, 9.17) is 5.73 Å². The van der Waals surface area contributed by atoms with Crippen molar-refractivity contribution in [1.29, 1.82) is 0 Å². The SMILES string of the molecule is CNc1c(C)ncc(C(F)(F)F)c1N. The van der Waals surface area contributed by atoms with Gasteiger partial charge in [-0.1, -0.05) is 0 Å². The van der Waals surface area contributed by atoms with Crippen molar-refractivity contribution in [3.8, 4) is 0 Å². The predicted octanol–water partition coefficient (Wildman–Crippen LogP) is 2.03. The van der Waals surface area contributed by atoms with Crippen LogP contribution in [0.3, 0.4) is 0 Å². The monoisotopic (exact) mass is 205 g/mol. The van der Waals surface area contributed by atoms with E-state index in [0.29, 0.717) is 5.69 Å². The Bertz CT molecular complexity index is 346. The van der Waals surface area contributed by atoms with Gasteiger partial charge in [0, 0.05) is 13.2 Å². The first-order chi connectivity index (χ1) is 6.38. The number of aromatic nitrogens is 1. The van der Waals surface area contributed by atoms with E-state index < -0.39 is 11.7 Å². The van der Waals surface area contributed by atoms with Crippen LogP contribution < -0.4 is 11.1 Å². The molecule has 0 amide bonds. The summed E-state index contributed by atoms with van der Waals surface area (Å²) >= 11 is 0. The topological polar surface area (TPSA) is 50.9 Å². The molecule has 0 atom stereocenters. The summed E-state index contributed by atoms with van der Waals surface area (Å²) in [6, 6.07) is 0. The van der Waals surface area contributed by atoms with E-state index in [1.807, 2.05) is 0 Å². The fourth-order valence-electron chi connectivity index (χ4n) is 1.17. The number of rotatable bonds is 1. The summed E-state index contributed by atoms with van der Waals surface area (Å²) in [7, 11) is 1.50. The van der Waals surface area contributed by atoms with Gasteiger partial charge < -0.3 is 11.1 Å². The molecular formula is C8H10F3N3. The molecular weight excluding hydrogens is 195 g/mol. The van der Waals surface area contributed by atoms with Crippen LogP contribution in [-0.2, 0) is 6.18 Å². The molecule has 0 aliphatic heterocycles. The molecule has 0 spiro atoms. The molecule has 1 rings (SSSR count). The third-order valence-electron chi connectivity index (χ3n) is 1.86. The maximum Gasteiger partial charge on any atom is 0.419 e. The van der Waals surface area contributed by atoms with E-state index in [1.165, 1.54) is 7.05 Å². The summed E-state index contributed by atoms with van der Waals surface area (Å²) in [5.74, 6) is 0. The number of anilines is 2. The molecule has 3 nitrogen and oxygen atoms in total. The predicted molar refractivity (Wildman–Crippen MR) is 47.9 cm³/mol. The molecule has 1 aromatic heterocycles. The molecule has 0 aromatic carbocycles. The average molecular weight is 205 g/mol. The van der Waals surface area contributed by atoms with Crippen LogP contribution in [0.4, 0.5) is 24.5 Å². The van der Waals surface area contributed by atoms with Gasteiger partial charge in [-0.15, -0.1) is 0 Å². The highest BCUT2D eigenvalue weighted by Gasteiger charge is 2.34. The summed E-state index contributed by atoms with van der Waals surface area (Å²) in [5.41, 5.74) is 4.80. The number of hydrogen-bond acceptors (Lipinski definition) is 3. The highest BCUT2D eigenvalue weighted by molar-refractivity contribution is 5.71. The van der Waals surface area contributed by atoms with Gasteiger partial charge in [-0.3, -0.25) is 4.98 Å². The number of aryl methyl sites for hydroxylation is 1. The van der Waals surface area contributed by atoms with Crippen LogP contribution in [0.1, 0.15) is 11.3 Å². The minimum absolute atomic E-state index is 0.222. The van der Waals surface area contributed by atoms with E-state index in [0.717, 1.165) is 6.20 Å². The first-order valence-electron chi connectivity index (χ1n) is 3.88. The van der Waals surface area contributed by atoms with Crippen LogP contribution in [-0.4, -0.2) is 12.0 Å². The largest absolute Gasteiger partial charge is 0.419 e. The lowest BCUT2D eigenvalue weighted by Crippen LogP contribution is -2.12. The first kappa shape index (κ1) is 10.6. The van der Waals surface area contributed by atoms with Gasteiger partial charge in [0.2, 0.25) is 0 Å². The molecule has 14 heavy (non-hydrogen) atoms. The molecule has 0 radical (unpaired) electrons. The van der Waals surface area contributed by atoms with Gasteiger partial charge in [0.15, 0.2) is 0 Å². The fraction of sp³-hybridized carbons (Fsp3) is 0.375. The third kappa shape index (κ3) is 1.73.